The molecule has 0 spiro atoms. The van der Waals surface area contributed by atoms with E-state index in [0.29, 0.717) is 5.56 Å². The number of hydrogen-bond donors (Lipinski definition) is 0. The zero-order valence-corrected chi connectivity index (χ0v) is 7.10. The van der Waals surface area contributed by atoms with E-state index in [1.807, 2.05) is 0 Å². The van der Waals surface area contributed by atoms with Crippen LogP contribution in [0.4, 0.5) is 4.39 Å². The van der Waals surface area contributed by atoms with Gasteiger partial charge in [0.15, 0.2) is 0 Å². The van der Waals surface area contributed by atoms with Crippen molar-refractivity contribution in [3.05, 3.63) is 35.6 Å². The molecule has 0 aliphatic rings. The van der Waals surface area contributed by atoms with Crippen LogP contribution in [0.5, 0.6) is 0 Å². The summed E-state index contributed by atoms with van der Waals surface area (Å²) in [6.07, 6.45) is 1.84. The Labute approximate surface area is 72.4 Å². The molecule has 0 heterocycles. The van der Waals surface area contributed by atoms with Gasteiger partial charge in [0, 0.05) is 6.42 Å². The number of hydrogen-bond acceptors (Lipinski definition) is 0. The zero-order chi connectivity index (χ0) is 8.81. The number of rotatable bonds is 1. The van der Waals surface area contributed by atoms with Crippen molar-refractivity contribution in [1.29, 1.82) is 0 Å². The van der Waals surface area contributed by atoms with Crippen LogP contribution in [0.15, 0.2) is 24.3 Å². The fraction of sp³-hybridized carbons (Fsp3) is 0.273. The molecule has 0 N–H and O–H groups in total. The second kappa shape index (κ2) is 4.56. The Morgan fingerprint density at radius 2 is 2.08 bits per heavy atom. The molecule has 0 unspecified atom stereocenters. The molecule has 0 atom stereocenters. The van der Waals surface area contributed by atoms with Crippen molar-refractivity contribution in [2.75, 3.05) is 0 Å². The first-order chi connectivity index (χ1) is 5.84. The van der Waals surface area contributed by atoms with Gasteiger partial charge in [-0.2, -0.15) is 0 Å². The molecule has 0 radical (unpaired) electrons. The summed E-state index contributed by atoms with van der Waals surface area (Å²) in [5, 5.41) is 0. The van der Waals surface area contributed by atoms with E-state index < -0.39 is 0 Å². The zero-order valence-electron chi connectivity index (χ0n) is 7.10. The van der Waals surface area contributed by atoms with Crippen LogP contribution in [-0.2, 0) is 0 Å². The van der Waals surface area contributed by atoms with E-state index in [9.17, 15) is 4.39 Å². The lowest BCUT2D eigenvalue weighted by Crippen LogP contribution is -1.80. The van der Waals surface area contributed by atoms with Gasteiger partial charge in [0.2, 0.25) is 0 Å². The van der Waals surface area contributed by atoms with Crippen LogP contribution in [0, 0.1) is 17.7 Å². The molecule has 0 aromatic heterocycles. The van der Waals surface area contributed by atoms with Crippen LogP contribution in [0.2, 0.25) is 0 Å². The molecule has 1 rings (SSSR count). The highest BCUT2D eigenvalue weighted by Gasteiger charge is 1.93. The van der Waals surface area contributed by atoms with Gasteiger partial charge in [-0.3, -0.25) is 0 Å². The molecule has 0 fully saturated rings. The highest BCUT2D eigenvalue weighted by molar-refractivity contribution is 5.34. The lowest BCUT2D eigenvalue weighted by Gasteiger charge is -1.90. The van der Waals surface area contributed by atoms with Crippen molar-refractivity contribution >= 4 is 0 Å². The minimum atomic E-state index is -0.235. The quantitative estimate of drug-likeness (QED) is 0.557. The van der Waals surface area contributed by atoms with E-state index in [1.54, 1.807) is 18.2 Å². The van der Waals surface area contributed by atoms with Gasteiger partial charge in [-0.1, -0.05) is 30.9 Å². The molecular formula is C11H11F. The Bertz CT molecular complexity index is 304. The summed E-state index contributed by atoms with van der Waals surface area (Å²) in [6.45, 7) is 2.05. The Morgan fingerprint density at radius 1 is 1.33 bits per heavy atom. The molecule has 0 saturated heterocycles. The standard InChI is InChI=1S/C11H11F/c1-2-3-4-7-10-8-5-6-9-11(10)12/h5-6,8-9H,2-3H2,1H3. The maximum Gasteiger partial charge on any atom is 0.138 e. The second-order valence-corrected chi connectivity index (χ2v) is 2.53. The van der Waals surface area contributed by atoms with Crippen LogP contribution >= 0.6 is 0 Å². The molecule has 12 heavy (non-hydrogen) atoms. The molecule has 0 nitrogen and oxygen atoms in total. The molecular weight excluding hydrogens is 151 g/mol. The molecule has 1 heteroatoms. The fourth-order valence-electron chi connectivity index (χ4n) is 0.845. The highest BCUT2D eigenvalue weighted by Crippen LogP contribution is 2.03. The second-order valence-electron chi connectivity index (χ2n) is 2.53. The molecule has 0 bridgehead atoms. The fourth-order valence-corrected chi connectivity index (χ4v) is 0.845. The SMILES string of the molecule is CCCC#Cc1ccccc1F. The van der Waals surface area contributed by atoms with E-state index in [2.05, 4.69) is 18.8 Å². The molecule has 0 saturated carbocycles. The Balaban J connectivity index is 2.77. The van der Waals surface area contributed by atoms with Crippen LogP contribution in [0.25, 0.3) is 0 Å². The summed E-state index contributed by atoms with van der Waals surface area (Å²) >= 11 is 0. The average molecular weight is 162 g/mol. The molecule has 0 aliphatic heterocycles. The van der Waals surface area contributed by atoms with Crippen molar-refractivity contribution in [1.82, 2.24) is 0 Å². The van der Waals surface area contributed by atoms with E-state index in [-0.39, 0.29) is 5.82 Å². The third-order valence-electron chi connectivity index (χ3n) is 1.47. The van der Waals surface area contributed by atoms with Gasteiger partial charge in [-0.15, -0.1) is 0 Å². The van der Waals surface area contributed by atoms with Crippen molar-refractivity contribution in [3.8, 4) is 11.8 Å². The summed E-state index contributed by atoms with van der Waals surface area (Å²) in [7, 11) is 0. The van der Waals surface area contributed by atoms with E-state index >= 15 is 0 Å². The maximum absolute atomic E-state index is 12.9. The Morgan fingerprint density at radius 3 is 2.75 bits per heavy atom. The number of benzene rings is 1. The summed E-state index contributed by atoms with van der Waals surface area (Å²) < 4.78 is 12.9. The monoisotopic (exact) mass is 162 g/mol. The van der Waals surface area contributed by atoms with Crippen molar-refractivity contribution < 1.29 is 4.39 Å². The van der Waals surface area contributed by atoms with E-state index in [0.717, 1.165) is 12.8 Å². The molecule has 1 aromatic carbocycles. The van der Waals surface area contributed by atoms with E-state index in [4.69, 9.17) is 0 Å². The van der Waals surface area contributed by atoms with Gasteiger partial charge in [0.1, 0.15) is 5.82 Å². The van der Waals surface area contributed by atoms with Gasteiger partial charge in [-0.25, -0.2) is 4.39 Å². The van der Waals surface area contributed by atoms with Crippen LogP contribution < -0.4 is 0 Å². The first kappa shape index (κ1) is 8.80. The maximum atomic E-state index is 12.9. The first-order valence-corrected chi connectivity index (χ1v) is 4.08. The summed E-state index contributed by atoms with van der Waals surface area (Å²) in [4.78, 5) is 0. The van der Waals surface area contributed by atoms with Crippen molar-refractivity contribution in [3.63, 3.8) is 0 Å². The van der Waals surface area contributed by atoms with Crippen LogP contribution in [-0.4, -0.2) is 0 Å². The van der Waals surface area contributed by atoms with Crippen molar-refractivity contribution in [2.45, 2.75) is 19.8 Å². The third kappa shape index (κ3) is 2.39. The van der Waals surface area contributed by atoms with Gasteiger partial charge < -0.3 is 0 Å². The Hall–Kier alpha value is -1.29. The first-order valence-electron chi connectivity index (χ1n) is 4.08. The lowest BCUT2D eigenvalue weighted by molar-refractivity contribution is 0.624. The smallest absolute Gasteiger partial charge is 0.138 e. The third-order valence-corrected chi connectivity index (χ3v) is 1.47. The van der Waals surface area contributed by atoms with Gasteiger partial charge in [0.25, 0.3) is 0 Å². The molecule has 1 aromatic rings. The predicted octanol–water partition coefficient (Wildman–Crippen LogP) is 2.98. The van der Waals surface area contributed by atoms with Gasteiger partial charge in [-0.05, 0) is 18.6 Å². The molecule has 0 amide bonds. The summed E-state index contributed by atoms with van der Waals surface area (Å²) in [5.41, 5.74) is 0.492. The largest absolute Gasteiger partial charge is 0.206 e. The molecule has 0 aliphatic carbocycles. The number of unbranched alkanes of at least 4 members (excludes halogenated alkanes) is 1. The van der Waals surface area contributed by atoms with E-state index in [1.165, 1.54) is 6.07 Å². The Kier molecular flexibility index (Phi) is 3.35. The average Bonchev–Trinajstić information content (AvgIpc) is 2.09. The predicted molar refractivity (Wildman–Crippen MR) is 48.2 cm³/mol. The summed E-state index contributed by atoms with van der Waals surface area (Å²) in [5.74, 6) is 5.46. The topological polar surface area (TPSA) is 0 Å². The van der Waals surface area contributed by atoms with Crippen molar-refractivity contribution in [2.24, 2.45) is 0 Å². The van der Waals surface area contributed by atoms with Gasteiger partial charge in [0.05, 0.1) is 5.56 Å². The van der Waals surface area contributed by atoms with Crippen LogP contribution in [0.3, 0.4) is 0 Å². The minimum absolute atomic E-state index is 0.235. The highest BCUT2D eigenvalue weighted by atomic mass is 19.1. The minimum Gasteiger partial charge on any atom is -0.206 e. The number of halogens is 1. The summed E-state index contributed by atoms with van der Waals surface area (Å²) in [6, 6.07) is 6.58. The van der Waals surface area contributed by atoms with Crippen LogP contribution in [0.1, 0.15) is 25.3 Å². The lowest BCUT2D eigenvalue weighted by atomic mass is 10.2. The normalized spacial score (nSPS) is 8.83. The molecule has 62 valence electrons. The van der Waals surface area contributed by atoms with Gasteiger partial charge >= 0.3 is 0 Å².